The number of nitrogens with one attached hydrogen (secondary N) is 1. The first kappa shape index (κ1) is 11.7. The van der Waals surface area contributed by atoms with E-state index in [0.717, 1.165) is 0 Å². The second-order valence-corrected chi connectivity index (χ2v) is 3.61. The van der Waals surface area contributed by atoms with Crippen LogP contribution < -0.4 is 11.1 Å². The van der Waals surface area contributed by atoms with Crippen LogP contribution in [-0.2, 0) is 11.3 Å². The third-order valence-corrected chi connectivity index (χ3v) is 2.11. The molecule has 3 N–H and O–H groups in total. The second-order valence-electron chi connectivity index (χ2n) is 3.61. The molecule has 0 aliphatic rings. The van der Waals surface area contributed by atoms with Crippen LogP contribution in [0.5, 0.6) is 0 Å². The minimum absolute atomic E-state index is 0.0698. The summed E-state index contributed by atoms with van der Waals surface area (Å²) < 4.78 is 13.3. The summed E-state index contributed by atoms with van der Waals surface area (Å²) in [6.07, 6.45) is 0. The average molecular weight is 210 g/mol. The van der Waals surface area contributed by atoms with E-state index >= 15 is 0 Å². The lowest BCUT2D eigenvalue weighted by atomic mass is 10.1. The molecule has 0 bridgehead atoms. The van der Waals surface area contributed by atoms with Crippen LogP contribution >= 0.6 is 0 Å². The van der Waals surface area contributed by atoms with Gasteiger partial charge in [-0.05, 0) is 12.1 Å². The summed E-state index contributed by atoms with van der Waals surface area (Å²) in [6, 6.07) is 4.52. The van der Waals surface area contributed by atoms with Gasteiger partial charge in [0.05, 0.1) is 0 Å². The van der Waals surface area contributed by atoms with Crippen molar-refractivity contribution in [2.45, 2.75) is 20.4 Å². The fraction of sp³-hybridized carbons (Fsp3) is 0.364. The Morgan fingerprint density at radius 1 is 1.53 bits per heavy atom. The van der Waals surface area contributed by atoms with E-state index in [1.807, 2.05) is 0 Å². The normalized spacial score (nSPS) is 10.5. The van der Waals surface area contributed by atoms with E-state index in [0.29, 0.717) is 11.3 Å². The van der Waals surface area contributed by atoms with Gasteiger partial charge < -0.3 is 11.1 Å². The fourth-order valence-electron chi connectivity index (χ4n) is 1.16. The van der Waals surface area contributed by atoms with E-state index in [4.69, 9.17) is 5.73 Å². The fourth-order valence-corrected chi connectivity index (χ4v) is 1.16. The standard InChI is InChI=1S/C11H15FN2O/c1-7(2)11(15)14-10-5-3-4-9(12)8(10)6-13/h3-5,7H,6,13H2,1-2H3,(H,14,15). The van der Waals surface area contributed by atoms with Crippen molar-refractivity contribution < 1.29 is 9.18 Å². The molecule has 0 radical (unpaired) electrons. The van der Waals surface area contributed by atoms with Gasteiger partial charge in [-0.3, -0.25) is 4.79 Å². The van der Waals surface area contributed by atoms with Gasteiger partial charge in [-0.15, -0.1) is 0 Å². The highest BCUT2D eigenvalue weighted by Gasteiger charge is 2.11. The molecule has 0 saturated heterocycles. The molecule has 1 aromatic rings. The summed E-state index contributed by atoms with van der Waals surface area (Å²) >= 11 is 0. The molecule has 0 saturated carbocycles. The molecule has 1 rings (SSSR count). The van der Waals surface area contributed by atoms with Gasteiger partial charge in [0.2, 0.25) is 5.91 Å². The molecule has 0 aliphatic carbocycles. The Bertz CT molecular complexity index is 364. The Kier molecular flexibility index (Phi) is 3.80. The number of anilines is 1. The Morgan fingerprint density at radius 2 is 2.20 bits per heavy atom. The Hall–Kier alpha value is -1.42. The Balaban J connectivity index is 2.94. The molecule has 15 heavy (non-hydrogen) atoms. The summed E-state index contributed by atoms with van der Waals surface area (Å²) in [5.74, 6) is -0.673. The topological polar surface area (TPSA) is 55.1 Å². The first-order valence-electron chi connectivity index (χ1n) is 4.84. The number of nitrogens with two attached hydrogens (primary N) is 1. The predicted molar refractivity (Wildman–Crippen MR) is 57.8 cm³/mol. The summed E-state index contributed by atoms with van der Waals surface area (Å²) in [6.45, 7) is 3.62. The molecule has 0 spiro atoms. The molecule has 1 amide bonds. The van der Waals surface area contributed by atoms with Crippen molar-refractivity contribution >= 4 is 11.6 Å². The number of hydrogen-bond donors (Lipinski definition) is 2. The molecule has 0 unspecified atom stereocenters. The zero-order valence-electron chi connectivity index (χ0n) is 8.88. The van der Waals surface area contributed by atoms with Gasteiger partial charge in [-0.2, -0.15) is 0 Å². The van der Waals surface area contributed by atoms with Gasteiger partial charge in [0, 0.05) is 23.7 Å². The summed E-state index contributed by atoms with van der Waals surface area (Å²) in [4.78, 5) is 11.4. The quantitative estimate of drug-likeness (QED) is 0.800. The highest BCUT2D eigenvalue weighted by molar-refractivity contribution is 5.92. The number of halogens is 1. The van der Waals surface area contributed by atoms with Crippen molar-refractivity contribution in [1.29, 1.82) is 0 Å². The third kappa shape index (κ3) is 2.76. The lowest BCUT2D eigenvalue weighted by molar-refractivity contribution is -0.118. The maximum absolute atomic E-state index is 13.3. The minimum atomic E-state index is -0.390. The van der Waals surface area contributed by atoms with Crippen LogP contribution in [0.2, 0.25) is 0 Å². The molecular formula is C11H15FN2O. The lowest BCUT2D eigenvalue weighted by Gasteiger charge is -2.11. The van der Waals surface area contributed by atoms with Crippen molar-refractivity contribution in [3.8, 4) is 0 Å². The largest absolute Gasteiger partial charge is 0.326 e. The van der Waals surface area contributed by atoms with Crippen molar-refractivity contribution in [3.63, 3.8) is 0 Å². The first-order valence-corrected chi connectivity index (χ1v) is 4.84. The van der Waals surface area contributed by atoms with Crippen molar-refractivity contribution in [2.75, 3.05) is 5.32 Å². The number of hydrogen-bond acceptors (Lipinski definition) is 2. The van der Waals surface area contributed by atoms with Crippen LogP contribution in [0.1, 0.15) is 19.4 Å². The van der Waals surface area contributed by atoms with Gasteiger partial charge in [0.1, 0.15) is 5.82 Å². The van der Waals surface area contributed by atoms with Crippen LogP contribution in [0.4, 0.5) is 10.1 Å². The lowest BCUT2D eigenvalue weighted by Crippen LogP contribution is -2.19. The Morgan fingerprint density at radius 3 is 2.73 bits per heavy atom. The van der Waals surface area contributed by atoms with E-state index in [1.165, 1.54) is 6.07 Å². The van der Waals surface area contributed by atoms with E-state index < -0.39 is 0 Å². The third-order valence-electron chi connectivity index (χ3n) is 2.11. The van der Waals surface area contributed by atoms with E-state index in [-0.39, 0.29) is 24.2 Å². The van der Waals surface area contributed by atoms with Crippen LogP contribution in [0.15, 0.2) is 18.2 Å². The van der Waals surface area contributed by atoms with Crippen molar-refractivity contribution in [3.05, 3.63) is 29.6 Å². The molecular weight excluding hydrogens is 195 g/mol. The van der Waals surface area contributed by atoms with Gasteiger partial charge in [-0.1, -0.05) is 19.9 Å². The molecule has 0 heterocycles. The average Bonchev–Trinajstić information content (AvgIpc) is 2.18. The summed E-state index contributed by atoms with van der Waals surface area (Å²) in [5.41, 5.74) is 6.21. The number of carbonyl (C=O) groups is 1. The monoisotopic (exact) mass is 210 g/mol. The van der Waals surface area contributed by atoms with Gasteiger partial charge >= 0.3 is 0 Å². The predicted octanol–water partition coefficient (Wildman–Crippen LogP) is 1.88. The van der Waals surface area contributed by atoms with Crippen LogP contribution in [-0.4, -0.2) is 5.91 Å². The van der Waals surface area contributed by atoms with E-state index in [9.17, 15) is 9.18 Å². The molecule has 0 aromatic heterocycles. The zero-order chi connectivity index (χ0) is 11.4. The van der Waals surface area contributed by atoms with E-state index in [2.05, 4.69) is 5.32 Å². The molecule has 82 valence electrons. The number of rotatable bonds is 3. The SMILES string of the molecule is CC(C)C(=O)Nc1cccc(F)c1CN. The highest BCUT2D eigenvalue weighted by Crippen LogP contribution is 2.18. The summed E-state index contributed by atoms with van der Waals surface area (Å²) in [5, 5.41) is 2.64. The van der Waals surface area contributed by atoms with Crippen LogP contribution in [0, 0.1) is 11.7 Å². The molecule has 0 fully saturated rings. The van der Waals surface area contributed by atoms with Crippen LogP contribution in [0.25, 0.3) is 0 Å². The maximum atomic E-state index is 13.3. The van der Waals surface area contributed by atoms with Crippen molar-refractivity contribution in [2.24, 2.45) is 11.7 Å². The minimum Gasteiger partial charge on any atom is -0.326 e. The molecule has 1 aromatic carbocycles. The van der Waals surface area contributed by atoms with Crippen LogP contribution in [0.3, 0.4) is 0 Å². The number of carbonyl (C=O) groups excluding carboxylic acids is 1. The summed E-state index contributed by atoms with van der Waals surface area (Å²) in [7, 11) is 0. The first-order chi connectivity index (χ1) is 7.06. The number of amides is 1. The molecule has 0 atom stereocenters. The van der Waals surface area contributed by atoms with Crippen molar-refractivity contribution in [1.82, 2.24) is 0 Å². The Labute approximate surface area is 88.5 Å². The molecule has 0 aliphatic heterocycles. The smallest absolute Gasteiger partial charge is 0.226 e. The molecule has 4 heteroatoms. The second kappa shape index (κ2) is 4.89. The maximum Gasteiger partial charge on any atom is 0.226 e. The number of benzene rings is 1. The van der Waals surface area contributed by atoms with Gasteiger partial charge in [0.15, 0.2) is 0 Å². The highest BCUT2D eigenvalue weighted by atomic mass is 19.1. The zero-order valence-corrected chi connectivity index (χ0v) is 8.88. The molecule has 3 nitrogen and oxygen atoms in total. The van der Waals surface area contributed by atoms with Gasteiger partial charge in [0.25, 0.3) is 0 Å². The van der Waals surface area contributed by atoms with E-state index in [1.54, 1.807) is 26.0 Å². The van der Waals surface area contributed by atoms with Gasteiger partial charge in [-0.25, -0.2) is 4.39 Å².